The fourth-order valence-electron chi connectivity index (χ4n) is 0.523. The monoisotopic (exact) mass is 176 g/mol. The minimum absolute atomic E-state index is 0. The van der Waals surface area contributed by atoms with Crippen molar-refractivity contribution in [2.45, 2.75) is 26.7 Å². The first-order chi connectivity index (χ1) is 5.59. The van der Waals surface area contributed by atoms with E-state index in [0.717, 1.165) is 12.8 Å². The van der Waals surface area contributed by atoms with Crippen molar-refractivity contribution in [3.05, 3.63) is 13.3 Å². The molecule has 0 saturated carbocycles. The Morgan fingerprint density at radius 3 is 2.38 bits per heavy atom. The van der Waals surface area contributed by atoms with E-state index in [9.17, 15) is 0 Å². The molecule has 3 N–H and O–H groups in total. The van der Waals surface area contributed by atoms with Gasteiger partial charge in [0, 0.05) is 0 Å². The van der Waals surface area contributed by atoms with Gasteiger partial charge in [0.05, 0.1) is 5.84 Å². The van der Waals surface area contributed by atoms with Gasteiger partial charge in [0.25, 0.3) is 0 Å². The molecule has 0 radical (unpaired) electrons. The Morgan fingerprint density at radius 2 is 2.15 bits per heavy atom. The second kappa shape index (κ2) is 14.3. The van der Waals surface area contributed by atoms with Crippen LogP contribution in [0.15, 0.2) is 0 Å². The zero-order valence-electron chi connectivity index (χ0n) is 8.76. The minimum atomic E-state index is 0. The summed E-state index contributed by atoms with van der Waals surface area (Å²) in [5.74, 6) is 0.193. The SMILES string of the molecule is C[C-]=O.[CH2-]C(CC[CH-]C)C(=N)N.[Li+]. The number of hydrogen-bond acceptors (Lipinski definition) is 2. The minimum Gasteiger partial charge on any atom is -0.542 e. The van der Waals surface area contributed by atoms with Gasteiger partial charge in [-0.2, -0.15) is 20.3 Å². The predicted molar refractivity (Wildman–Crippen MR) is 51.3 cm³/mol. The molecule has 72 valence electrons. The standard InChI is InChI=1S/C7H14N2.C2H3O.Li/c1-3-4-5-6(2)7(8)9;1-2-3;/h3,6H,2,4-5H2,1H3,(H3,8,9);1H3;/q-2;-1;+1. The molecule has 0 aromatic carbocycles. The molecular formula is C9H17LiN2O-2. The van der Waals surface area contributed by atoms with Crippen molar-refractivity contribution in [2.24, 2.45) is 11.7 Å². The van der Waals surface area contributed by atoms with Crippen LogP contribution in [0.3, 0.4) is 0 Å². The summed E-state index contributed by atoms with van der Waals surface area (Å²) in [4.78, 5) is 8.68. The van der Waals surface area contributed by atoms with E-state index < -0.39 is 0 Å². The van der Waals surface area contributed by atoms with Gasteiger partial charge in [0.15, 0.2) is 0 Å². The third-order valence-corrected chi connectivity index (χ3v) is 1.24. The quantitative estimate of drug-likeness (QED) is 0.237. The Hall–Kier alpha value is -0.263. The van der Waals surface area contributed by atoms with Crippen molar-refractivity contribution in [1.29, 1.82) is 5.41 Å². The van der Waals surface area contributed by atoms with Crippen molar-refractivity contribution < 1.29 is 23.7 Å². The normalized spacial score (nSPS) is 10.1. The van der Waals surface area contributed by atoms with Gasteiger partial charge in [-0.15, -0.1) is 5.92 Å². The van der Waals surface area contributed by atoms with Crippen LogP contribution < -0.4 is 24.6 Å². The van der Waals surface area contributed by atoms with E-state index in [1.807, 2.05) is 6.92 Å². The number of nitrogens with one attached hydrogen (secondary N) is 1. The second-order valence-corrected chi connectivity index (χ2v) is 2.34. The molecule has 0 bridgehead atoms. The molecule has 0 aromatic heterocycles. The van der Waals surface area contributed by atoms with E-state index in [4.69, 9.17) is 15.9 Å². The van der Waals surface area contributed by atoms with Crippen molar-refractivity contribution in [1.82, 2.24) is 0 Å². The van der Waals surface area contributed by atoms with Gasteiger partial charge >= 0.3 is 18.9 Å². The summed E-state index contributed by atoms with van der Waals surface area (Å²) in [6.07, 6.45) is 5.45. The molecule has 0 saturated heterocycles. The van der Waals surface area contributed by atoms with Crippen LogP contribution in [0.5, 0.6) is 0 Å². The summed E-state index contributed by atoms with van der Waals surface area (Å²) >= 11 is 0. The van der Waals surface area contributed by atoms with Crippen LogP contribution in [0, 0.1) is 24.7 Å². The maximum absolute atomic E-state index is 8.68. The third-order valence-electron chi connectivity index (χ3n) is 1.24. The molecular weight excluding hydrogens is 159 g/mol. The predicted octanol–water partition coefficient (Wildman–Crippen LogP) is -1.50. The van der Waals surface area contributed by atoms with Crippen LogP contribution in [0.2, 0.25) is 0 Å². The van der Waals surface area contributed by atoms with Gasteiger partial charge in [-0.25, -0.2) is 0 Å². The maximum atomic E-state index is 8.68. The summed E-state index contributed by atoms with van der Waals surface area (Å²) in [7, 11) is 0. The Kier molecular flexibility index (Phi) is 20.3. The Balaban J connectivity index is -0.000000220. The van der Waals surface area contributed by atoms with Gasteiger partial charge in [-0.05, 0) is 0 Å². The average molecular weight is 176 g/mol. The van der Waals surface area contributed by atoms with Crippen molar-refractivity contribution in [3.63, 3.8) is 0 Å². The number of hydrogen-bond donors (Lipinski definition) is 2. The second-order valence-electron chi connectivity index (χ2n) is 2.34. The number of rotatable bonds is 4. The van der Waals surface area contributed by atoms with Crippen LogP contribution >= 0.6 is 0 Å². The summed E-state index contributed by atoms with van der Waals surface area (Å²) < 4.78 is 0. The van der Waals surface area contributed by atoms with E-state index in [0.29, 0.717) is 0 Å². The topological polar surface area (TPSA) is 66.9 Å². The fraction of sp³-hybridized carbons (Fsp3) is 0.556. The summed E-state index contributed by atoms with van der Waals surface area (Å²) in [5.41, 5.74) is 5.18. The Bertz CT molecular complexity index is 129. The van der Waals surface area contributed by atoms with E-state index in [-0.39, 0.29) is 30.6 Å². The zero-order valence-corrected chi connectivity index (χ0v) is 8.76. The molecule has 0 spiro atoms. The van der Waals surface area contributed by atoms with Gasteiger partial charge in [-0.1, -0.05) is 6.42 Å². The third kappa shape index (κ3) is 18.6. The van der Waals surface area contributed by atoms with Crippen molar-refractivity contribution >= 4 is 12.1 Å². The van der Waals surface area contributed by atoms with E-state index in [1.54, 1.807) is 0 Å². The first-order valence-corrected chi connectivity index (χ1v) is 3.83. The maximum Gasteiger partial charge on any atom is 1.00 e. The van der Waals surface area contributed by atoms with E-state index in [2.05, 4.69) is 13.3 Å². The molecule has 0 fully saturated rings. The molecule has 13 heavy (non-hydrogen) atoms. The van der Waals surface area contributed by atoms with Crippen LogP contribution in [-0.2, 0) is 4.79 Å². The zero-order chi connectivity index (χ0) is 9.98. The average Bonchev–Trinajstić information content (AvgIpc) is 2.01. The summed E-state index contributed by atoms with van der Waals surface area (Å²) in [6, 6.07) is 0. The molecule has 0 aliphatic rings. The smallest absolute Gasteiger partial charge is 0.542 e. The number of nitrogens with two attached hydrogens (primary N) is 1. The molecule has 0 aliphatic carbocycles. The summed E-state index contributed by atoms with van der Waals surface area (Å²) in [6.45, 7) is 7.02. The van der Waals surface area contributed by atoms with E-state index in [1.165, 1.54) is 13.2 Å². The first kappa shape index (κ1) is 18.5. The molecule has 3 nitrogen and oxygen atoms in total. The largest absolute Gasteiger partial charge is 1.00 e. The molecule has 0 aromatic rings. The molecule has 0 rings (SSSR count). The van der Waals surface area contributed by atoms with E-state index >= 15 is 0 Å². The molecule has 0 amide bonds. The van der Waals surface area contributed by atoms with Crippen LogP contribution in [0.4, 0.5) is 0 Å². The van der Waals surface area contributed by atoms with Crippen molar-refractivity contribution in [2.75, 3.05) is 0 Å². The molecule has 0 heterocycles. The number of unbranched alkanes of at least 4 members (excludes halogenated alkanes) is 1. The molecule has 0 aliphatic heterocycles. The van der Waals surface area contributed by atoms with Crippen LogP contribution in [-0.4, -0.2) is 12.1 Å². The summed E-state index contributed by atoms with van der Waals surface area (Å²) in [5, 5.41) is 6.98. The number of carbonyl (C=O) groups excluding carboxylic acids is 1. The molecule has 1 unspecified atom stereocenters. The fourth-order valence-corrected chi connectivity index (χ4v) is 0.523. The van der Waals surface area contributed by atoms with Crippen LogP contribution in [0.25, 0.3) is 0 Å². The first-order valence-electron chi connectivity index (χ1n) is 3.83. The van der Waals surface area contributed by atoms with Gasteiger partial charge in [-0.3, -0.25) is 11.7 Å². The van der Waals surface area contributed by atoms with Crippen LogP contribution in [0.1, 0.15) is 26.7 Å². The van der Waals surface area contributed by atoms with Gasteiger partial charge in [0.1, 0.15) is 0 Å². The molecule has 1 atom stereocenters. The number of amidine groups is 1. The Morgan fingerprint density at radius 1 is 1.77 bits per heavy atom. The Labute approximate surface area is 93.1 Å². The molecule has 4 heteroatoms. The van der Waals surface area contributed by atoms with Gasteiger partial charge in [0.2, 0.25) is 0 Å². The van der Waals surface area contributed by atoms with Gasteiger partial charge < -0.3 is 23.9 Å². The van der Waals surface area contributed by atoms with Crippen molar-refractivity contribution in [3.8, 4) is 0 Å².